The molecule has 25 heavy (non-hydrogen) atoms. The number of hydrogen-bond donors (Lipinski definition) is 1. The quantitative estimate of drug-likeness (QED) is 0.738. The van der Waals surface area contributed by atoms with Gasteiger partial charge in [-0.1, -0.05) is 55.3 Å². The molecule has 1 aliphatic carbocycles. The minimum atomic E-state index is -0.163. The maximum Gasteiger partial charge on any atom is 0.276 e. The van der Waals surface area contributed by atoms with E-state index in [0.717, 1.165) is 29.7 Å². The van der Waals surface area contributed by atoms with E-state index in [1.54, 1.807) is 6.07 Å². The highest BCUT2D eigenvalue weighted by atomic mass is 16.1. The second-order valence-corrected chi connectivity index (χ2v) is 6.52. The predicted molar refractivity (Wildman–Crippen MR) is 99.6 cm³/mol. The standard InChI is InChI=1S/C21H21N3O/c25-21(20-14-15-24(23-20)19-8-4-5-9-19)22-18-12-10-17(11-13-18)16-6-2-1-3-7-16/h1-3,6-7,10-15,19H,4-5,8-9H2,(H,22,25). The Balaban J connectivity index is 1.44. The van der Waals surface area contributed by atoms with Crippen molar-refractivity contribution >= 4 is 11.6 Å². The average molecular weight is 331 g/mol. The van der Waals surface area contributed by atoms with Crippen molar-refractivity contribution in [2.24, 2.45) is 0 Å². The number of nitrogens with zero attached hydrogens (tertiary/aromatic N) is 2. The van der Waals surface area contributed by atoms with Gasteiger partial charge in [0.2, 0.25) is 0 Å². The molecule has 1 N–H and O–H groups in total. The van der Waals surface area contributed by atoms with Crippen molar-refractivity contribution in [2.45, 2.75) is 31.7 Å². The summed E-state index contributed by atoms with van der Waals surface area (Å²) in [5.41, 5.74) is 3.54. The largest absolute Gasteiger partial charge is 0.321 e. The van der Waals surface area contributed by atoms with Gasteiger partial charge in [0, 0.05) is 11.9 Å². The summed E-state index contributed by atoms with van der Waals surface area (Å²) in [6.07, 6.45) is 6.73. The van der Waals surface area contributed by atoms with E-state index < -0.39 is 0 Å². The van der Waals surface area contributed by atoms with E-state index in [-0.39, 0.29) is 5.91 Å². The third kappa shape index (κ3) is 3.48. The molecule has 0 radical (unpaired) electrons. The van der Waals surface area contributed by atoms with Gasteiger partial charge in [-0.05, 0) is 42.2 Å². The summed E-state index contributed by atoms with van der Waals surface area (Å²) in [6, 6.07) is 20.3. The molecule has 4 nitrogen and oxygen atoms in total. The molecule has 0 spiro atoms. The Morgan fingerprint density at radius 3 is 2.32 bits per heavy atom. The molecule has 1 heterocycles. The predicted octanol–water partition coefficient (Wildman–Crippen LogP) is 4.92. The summed E-state index contributed by atoms with van der Waals surface area (Å²) < 4.78 is 1.94. The fraction of sp³-hybridized carbons (Fsp3) is 0.238. The molecular formula is C21H21N3O. The first-order chi connectivity index (χ1) is 12.3. The van der Waals surface area contributed by atoms with Gasteiger partial charge in [-0.25, -0.2) is 0 Å². The lowest BCUT2D eigenvalue weighted by Crippen LogP contribution is -2.14. The van der Waals surface area contributed by atoms with Crippen molar-refractivity contribution < 1.29 is 4.79 Å². The number of hydrogen-bond acceptors (Lipinski definition) is 2. The van der Waals surface area contributed by atoms with Crippen LogP contribution in [0.25, 0.3) is 11.1 Å². The van der Waals surface area contributed by atoms with Crippen LogP contribution in [-0.4, -0.2) is 15.7 Å². The van der Waals surface area contributed by atoms with Crippen LogP contribution in [0, 0.1) is 0 Å². The highest BCUT2D eigenvalue weighted by Crippen LogP contribution is 2.28. The van der Waals surface area contributed by atoms with E-state index in [4.69, 9.17) is 0 Å². The summed E-state index contributed by atoms with van der Waals surface area (Å²) in [5.74, 6) is -0.163. The summed E-state index contributed by atoms with van der Waals surface area (Å²) in [7, 11) is 0. The van der Waals surface area contributed by atoms with Gasteiger partial charge in [0.15, 0.2) is 5.69 Å². The van der Waals surface area contributed by atoms with Crippen LogP contribution in [0.4, 0.5) is 5.69 Å². The second-order valence-electron chi connectivity index (χ2n) is 6.52. The normalized spacial score (nSPS) is 14.6. The van der Waals surface area contributed by atoms with Crippen molar-refractivity contribution in [3.05, 3.63) is 72.6 Å². The van der Waals surface area contributed by atoms with Crippen molar-refractivity contribution in [3.8, 4) is 11.1 Å². The maximum atomic E-state index is 12.4. The van der Waals surface area contributed by atoms with Gasteiger partial charge in [-0.3, -0.25) is 9.48 Å². The summed E-state index contributed by atoms with van der Waals surface area (Å²) in [6.45, 7) is 0. The Morgan fingerprint density at radius 1 is 0.920 bits per heavy atom. The Kier molecular flexibility index (Phi) is 4.34. The van der Waals surface area contributed by atoms with Gasteiger partial charge in [0.05, 0.1) is 6.04 Å². The molecule has 1 fully saturated rings. The zero-order chi connectivity index (χ0) is 17.1. The van der Waals surface area contributed by atoms with Crippen molar-refractivity contribution in [1.29, 1.82) is 0 Å². The lowest BCUT2D eigenvalue weighted by molar-refractivity contribution is 0.102. The summed E-state index contributed by atoms with van der Waals surface area (Å²) in [4.78, 5) is 12.4. The van der Waals surface area contributed by atoms with E-state index >= 15 is 0 Å². The number of carbonyl (C=O) groups is 1. The SMILES string of the molecule is O=C(Nc1ccc(-c2ccccc2)cc1)c1ccn(C2CCCC2)n1. The van der Waals surface area contributed by atoms with E-state index in [1.165, 1.54) is 12.8 Å². The number of amides is 1. The van der Waals surface area contributed by atoms with Gasteiger partial charge >= 0.3 is 0 Å². The topological polar surface area (TPSA) is 46.9 Å². The lowest BCUT2D eigenvalue weighted by Gasteiger charge is -2.09. The molecule has 1 aliphatic rings. The fourth-order valence-electron chi connectivity index (χ4n) is 3.40. The molecule has 1 amide bonds. The zero-order valence-corrected chi connectivity index (χ0v) is 14.1. The number of rotatable bonds is 4. The molecule has 0 saturated heterocycles. The van der Waals surface area contributed by atoms with Crippen LogP contribution < -0.4 is 5.32 Å². The van der Waals surface area contributed by atoms with Crippen molar-refractivity contribution in [2.75, 3.05) is 5.32 Å². The van der Waals surface area contributed by atoms with Gasteiger partial charge < -0.3 is 5.32 Å². The smallest absolute Gasteiger partial charge is 0.276 e. The van der Waals surface area contributed by atoms with Crippen LogP contribution in [0.3, 0.4) is 0 Å². The maximum absolute atomic E-state index is 12.4. The van der Waals surface area contributed by atoms with Crippen LogP contribution >= 0.6 is 0 Å². The summed E-state index contributed by atoms with van der Waals surface area (Å²) in [5, 5.41) is 7.38. The second kappa shape index (κ2) is 6.93. The summed E-state index contributed by atoms with van der Waals surface area (Å²) >= 11 is 0. The molecule has 4 heteroatoms. The Hall–Kier alpha value is -2.88. The Labute approximate surface area is 147 Å². The third-order valence-corrected chi connectivity index (χ3v) is 4.79. The van der Waals surface area contributed by atoms with E-state index in [0.29, 0.717) is 11.7 Å². The number of benzene rings is 2. The first-order valence-electron chi connectivity index (χ1n) is 8.81. The number of aromatic nitrogens is 2. The lowest BCUT2D eigenvalue weighted by atomic mass is 10.1. The molecule has 0 atom stereocenters. The van der Waals surface area contributed by atoms with Gasteiger partial charge in [0.1, 0.15) is 0 Å². The molecule has 3 aromatic rings. The van der Waals surface area contributed by atoms with E-state index in [9.17, 15) is 4.79 Å². The minimum absolute atomic E-state index is 0.163. The highest BCUT2D eigenvalue weighted by molar-refractivity contribution is 6.02. The van der Waals surface area contributed by atoms with E-state index in [1.807, 2.05) is 53.3 Å². The van der Waals surface area contributed by atoms with Crippen LogP contribution in [-0.2, 0) is 0 Å². The number of nitrogens with one attached hydrogen (secondary N) is 1. The first-order valence-corrected chi connectivity index (χ1v) is 8.81. The van der Waals surface area contributed by atoms with E-state index in [2.05, 4.69) is 22.5 Å². The molecule has 4 rings (SSSR count). The molecule has 0 aliphatic heterocycles. The fourth-order valence-corrected chi connectivity index (χ4v) is 3.40. The average Bonchev–Trinajstić information content (AvgIpc) is 3.35. The Morgan fingerprint density at radius 2 is 1.60 bits per heavy atom. The monoisotopic (exact) mass is 331 g/mol. The van der Waals surface area contributed by atoms with Crippen LogP contribution in [0.1, 0.15) is 42.2 Å². The van der Waals surface area contributed by atoms with Gasteiger partial charge in [-0.2, -0.15) is 5.10 Å². The third-order valence-electron chi connectivity index (χ3n) is 4.79. The number of carbonyl (C=O) groups excluding carboxylic acids is 1. The van der Waals surface area contributed by atoms with Crippen molar-refractivity contribution in [1.82, 2.24) is 9.78 Å². The van der Waals surface area contributed by atoms with Crippen LogP contribution in [0.5, 0.6) is 0 Å². The van der Waals surface area contributed by atoms with Crippen LogP contribution in [0.15, 0.2) is 66.9 Å². The number of anilines is 1. The highest BCUT2D eigenvalue weighted by Gasteiger charge is 2.19. The molecule has 0 unspecified atom stereocenters. The first kappa shape index (κ1) is 15.6. The van der Waals surface area contributed by atoms with Gasteiger partial charge in [-0.15, -0.1) is 0 Å². The van der Waals surface area contributed by atoms with Crippen molar-refractivity contribution in [3.63, 3.8) is 0 Å². The Bertz CT molecular complexity index is 846. The van der Waals surface area contributed by atoms with Gasteiger partial charge in [0.25, 0.3) is 5.91 Å². The minimum Gasteiger partial charge on any atom is -0.321 e. The molecule has 2 aromatic carbocycles. The molecule has 0 bridgehead atoms. The molecule has 126 valence electrons. The molecular weight excluding hydrogens is 310 g/mol. The molecule has 1 saturated carbocycles. The van der Waals surface area contributed by atoms with Crippen LogP contribution in [0.2, 0.25) is 0 Å². The zero-order valence-electron chi connectivity index (χ0n) is 14.1. The molecule has 1 aromatic heterocycles.